The summed E-state index contributed by atoms with van der Waals surface area (Å²) >= 11 is 1.60. The molecule has 0 saturated heterocycles. The van der Waals surface area contributed by atoms with Crippen molar-refractivity contribution >= 4 is 28.3 Å². The van der Waals surface area contributed by atoms with Gasteiger partial charge in [-0.25, -0.2) is 0 Å². The maximum absolute atomic E-state index is 12.5. The van der Waals surface area contributed by atoms with Gasteiger partial charge < -0.3 is 0 Å². The molecule has 2 heteroatoms. The van der Waals surface area contributed by atoms with Crippen LogP contribution in [-0.4, -0.2) is 11.5 Å². The molecule has 3 aromatic rings. The minimum absolute atomic E-state index is 0.179. The first kappa shape index (κ1) is 13.9. The fraction of sp³-hybridized carbons (Fsp3) is 0.105. The predicted octanol–water partition coefficient (Wildman–Crippen LogP) is 5.12. The van der Waals surface area contributed by atoms with Gasteiger partial charge in [0.15, 0.2) is 5.78 Å². The molecule has 0 aliphatic rings. The Hall–Kier alpha value is -2.06. The second kappa shape index (κ2) is 6.15. The van der Waals surface area contributed by atoms with Gasteiger partial charge in [-0.1, -0.05) is 60.2 Å². The average molecular weight is 292 g/mol. The van der Waals surface area contributed by atoms with Crippen LogP contribution in [0.1, 0.15) is 15.9 Å². The van der Waals surface area contributed by atoms with Gasteiger partial charge in [0.1, 0.15) is 0 Å². The van der Waals surface area contributed by atoms with Crippen LogP contribution < -0.4 is 0 Å². The van der Waals surface area contributed by atoms with Crippen molar-refractivity contribution in [3.05, 3.63) is 77.9 Å². The maximum Gasteiger partial charge on any atom is 0.173 e. The van der Waals surface area contributed by atoms with Gasteiger partial charge >= 0.3 is 0 Å². The predicted molar refractivity (Wildman–Crippen MR) is 90.2 cm³/mol. The number of hydrogen-bond acceptors (Lipinski definition) is 2. The van der Waals surface area contributed by atoms with E-state index in [1.807, 2.05) is 54.6 Å². The Morgan fingerprint density at radius 1 is 0.952 bits per heavy atom. The highest BCUT2D eigenvalue weighted by Gasteiger charge is 2.10. The minimum Gasteiger partial charge on any atom is -0.293 e. The van der Waals surface area contributed by atoms with Gasteiger partial charge in [0.2, 0.25) is 0 Å². The number of Topliss-reactive ketones (excluding diaryl/α,β-unsaturated/α-hetero) is 1. The summed E-state index contributed by atoms with van der Waals surface area (Å²) in [5.41, 5.74) is 2.03. The molecular formula is C19H16OS. The molecule has 0 atom stereocenters. The third kappa shape index (κ3) is 3.17. The van der Waals surface area contributed by atoms with Crippen molar-refractivity contribution in [1.29, 1.82) is 0 Å². The Kier molecular flexibility index (Phi) is 4.07. The van der Waals surface area contributed by atoms with Crippen LogP contribution in [0.15, 0.2) is 71.6 Å². The topological polar surface area (TPSA) is 17.1 Å². The van der Waals surface area contributed by atoms with Gasteiger partial charge in [-0.2, -0.15) is 0 Å². The quantitative estimate of drug-likeness (QED) is 0.490. The summed E-state index contributed by atoms with van der Waals surface area (Å²) in [7, 11) is 0. The lowest BCUT2D eigenvalue weighted by atomic mass is 10.0. The molecule has 0 fully saturated rings. The molecule has 0 N–H and O–H groups in total. The zero-order valence-corrected chi connectivity index (χ0v) is 12.7. The molecule has 1 nitrogen and oxygen atoms in total. The molecule has 0 aromatic heterocycles. The number of hydrogen-bond donors (Lipinski definition) is 0. The van der Waals surface area contributed by atoms with Crippen molar-refractivity contribution in [3.63, 3.8) is 0 Å². The number of thioether (sulfide) groups is 1. The van der Waals surface area contributed by atoms with Gasteiger partial charge in [-0.3, -0.25) is 4.79 Å². The number of aryl methyl sites for hydroxylation is 1. The Bertz CT molecular complexity index is 787. The molecular weight excluding hydrogens is 276 g/mol. The molecule has 21 heavy (non-hydrogen) atoms. The summed E-state index contributed by atoms with van der Waals surface area (Å²) in [4.78, 5) is 13.6. The average Bonchev–Trinajstić information content (AvgIpc) is 2.52. The van der Waals surface area contributed by atoms with Crippen molar-refractivity contribution in [1.82, 2.24) is 0 Å². The molecule has 0 aliphatic heterocycles. The van der Waals surface area contributed by atoms with Crippen molar-refractivity contribution in [3.8, 4) is 0 Å². The fourth-order valence-corrected chi connectivity index (χ4v) is 3.30. The van der Waals surface area contributed by atoms with E-state index >= 15 is 0 Å². The fourth-order valence-electron chi connectivity index (χ4n) is 2.40. The number of carbonyl (C=O) groups is 1. The zero-order chi connectivity index (χ0) is 14.7. The van der Waals surface area contributed by atoms with E-state index in [1.54, 1.807) is 11.8 Å². The first-order valence-electron chi connectivity index (χ1n) is 6.94. The number of benzene rings is 3. The third-order valence-electron chi connectivity index (χ3n) is 3.45. The van der Waals surface area contributed by atoms with Crippen LogP contribution >= 0.6 is 11.8 Å². The number of ketones is 1. The number of carbonyl (C=O) groups excluding carboxylic acids is 1. The standard InChI is InChI=1S/C19H16OS/c1-14-6-4-9-16(12-14)21-13-19(20)18-11-5-8-15-7-2-3-10-17(15)18/h2-12H,13H2,1H3. The highest BCUT2D eigenvalue weighted by Crippen LogP contribution is 2.23. The zero-order valence-electron chi connectivity index (χ0n) is 11.9. The molecule has 0 bridgehead atoms. The second-order valence-electron chi connectivity index (χ2n) is 5.06. The Balaban J connectivity index is 1.81. The van der Waals surface area contributed by atoms with Gasteiger partial charge in [0, 0.05) is 10.5 Å². The van der Waals surface area contributed by atoms with Crippen LogP contribution in [0.5, 0.6) is 0 Å². The molecule has 0 heterocycles. The highest BCUT2D eigenvalue weighted by molar-refractivity contribution is 8.00. The summed E-state index contributed by atoms with van der Waals surface area (Å²) in [5, 5.41) is 2.15. The van der Waals surface area contributed by atoms with E-state index in [4.69, 9.17) is 0 Å². The Morgan fingerprint density at radius 2 is 1.71 bits per heavy atom. The minimum atomic E-state index is 0.179. The first-order valence-corrected chi connectivity index (χ1v) is 7.93. The van der Waals surface area contributed by atoms with E-state index in [-0.39, 0.29) is 5.78 Å². The highest BCUT2D eigenvalue weighted by atomic mass is 32.2. The van der Waals surface area contributed by atoms with E-state index in [0.29, 0.717) is 5.75 Å². The lowest BCUT2D eigenvalue weighted by Gasteiger charge is -2.06. The smallest absolute Gasteiger partial charge is 0.173 e. The van der Waals surface area contributed by atoms with E-state index < -0.39 is 0 Å². The molecule has 0 saturated carbocycles. The van der Waals surface area contributed by atoms with Crippen LogP contribution in [0.2, 0.25) is 0 Å². The molecule has 0 radical (unpaired) electrons. The van der Waals surface area contributed by atoms with Crippen LogP contribution in [0.4, 0.5) is 0 Å². The van der Waals surface area contributed by atoms with Gasteiger partial charge in [0.25, 0.3) is 0 Å². The lowest BCUT2D eigenvalue weighted by Crippen LogP contribution is -2.03. The van der Waals surface area contributed by atoms with Crippen molar-refractivity contribution in [2.45, 2.75) is 11.8 Å². The van der Waals surface area contributed by atoms with E-state index in [9.17, 15) is 4.79 Å². The van der Waals surface area contributed by atoms with Gasteiger partial charge in [-0.05, 0) is 29.8 Å². The lowest BCUT2D eigenvalue weighted by molar-refractivity contribution is 0.102. The monoisotopic (exact) mass is 292 g/mol. The van der Waals surface area contributed by atoms with Crippen molar-refractivity contribution in [2.75, 3.05) is 5.75 Å². The molecule has 3 rings (SSSR count). The summed E-state index contributed by atoms with van der Waals surface area (Å²) in [5.74, 6) is 0.649. The number of fused-ring (bicyclic) bond motifs is 1. The maximum atomic E-state index is 12.5. The van der Waals surface area contributed by atoms with Gasteiger partial charge in [-0.15, -0.1) is 11.8 Å². The summed E-state index contributed by atoms with van der Waals surface area (Å²) in [6.45, 7) is 2.07. The molecule has 0 unspecified atom stereocenters. The Labute approximate surface area is 129 Å². The summed E-state index contributed by atoms with van der Waals surface area (Å²) in [6.07, 6.45) is 0. The molecule has 0 amide bonds. The molecule has 104 valence electrons. The second-order valence-corrected chi connectivity index (χ2v) is 6.10. The largest absolute Gasteiger partial charge is 0.293 e. The van der Waals surface area contributed by atoms with Crippen LogP contribution in [0, 0.1) is 6.92 Å². The van der Waals surface area contributed by atoms with E-state index in [2.05, 4.69) is 19.1 Å². The Morgan fingerprint density at radius 3 is 2.57 bits per heavy atom. The van der Waals surface area contributed by atoms with Crippen LogP contribution in [-0.2, 0) is 0 Å². The molecule has 0 spiro atoms. The third-order valence-corrected chi connectivity index (χ3v) is 4.44. The van der Waals surface area contributed by atoms with Crippen LogP contribution in [0.3, 0.4) is 0 Å². The first-order chi connectivity index (χ1) is 10.2. The van der Waals surface area contributed by atoms with Crippen molar-refractivity contribution in [2.24, 2.45) is 0 Å². The number of rotatable bonds is 4. The SMILES string of the molecule is Cc1cccc(SCC(=O)c2cccc3ccccc23)c1. The molecule has 0 aliphatic carbocycles. The summed E-state index contributed by atoms with van der Waals surface area (Å²) in [6, 6.07) is 22.2. The summed E-state index contributed by atoms with van der Waals surface area (Å²) < 4.78 is 0. The van der Waals surface area contributed by atoms with E-state index in [1.165, 1.54) is 5.56 Å². The van der Waals surface area contributed by atoms with Gasteiger partial charge in [0.05, 0.1) is 5.75 Å². The molecule has 3 aromatic carbocycles. The normalized spacial score (nSPS) is 10.7. The van der Waals surface area contributed by atoms with Crippen LogP contribution in [0.25, 0.3) is 10.8 Å². The van der Waals surface area contributed by atoms with E-state index in [0.717, 1.165) is 21.2 Å². The van der Waals surface area contributed by atoms with Crippen molar-refractivity contribution < 1.29 is 4.79 Å².